The molecule has 0 aliphatic carbocycles. The van der Waals surface area contributed by atoms with Crippen LogP contribution >= 0.6 is 0 Å². The van der Waals surface area contributed by atoms with Gasteiger partial charge in [-0.15, -0.1) is 0 Å². The molecule has 0 fully saturated rings. The van der Waals surface area contributed by atoms with E-state index in [0.29, 0.717) is 12.5 Å². The van der Waals surface area contributed by atoms with E-state index in [0.717, 1.165) is 26.2 Å². The normalized spacial score (nSPS) is 10.9. The van der Waals surface area contributed by atoms with E-state index in [9.17, 15) is 0 Å². The van der Waals surface area contributed by atoms with Gasteiger partial charge in [-0.1, -0.05) is 26.0 Å². The molecule has 0 saturated carbocycles. The molecule has 0 aliphatic heterocycles. The zero-order chi connectivity index (χ0) is 13.4. The van der Waals surface area contributed by atoms with Gasteiger partial charge in [0.25, 0.3) is 0 Å². The fraction of sp³-hybridized carbons (Fsp3) is 0.600. The standard InChI is InChI=1S/C15H26N2O/c1-13(2)7-9-18-10-8-17(3)15-6-4-5-14(11-15)12-16/h4-6,11,13H,7-10,12,16H2,1-3H3. The van der Waals surface area contributed by atoms with E-state index >= 15 is 0 Å². The van der Waals surface area contributed by atoms with Gasteiger partial charge in [-0.2, -0.15) is 0 Å². The van der Waals surface area contributed by atoms with Gasteiger partial charge in [0.2, 0.25) is 0 Å². The van der Waals surface area contributed by atoms with E-state index in [2.05, 4.69) is 44.0 Å². The van der Waals surface area contributed by atoms with E-state index < -0.39 is 0 Å². The lowest BCUT2D eigenvalue weighted by molar-refractivity contribution is 0.130. The highest BCUT2D eigenvalue weighted by molar-refractivity contribution is 5.47. The summed E-state index contributed by atoms with van der Waals surface area (Å²) in [7, 11) is 2.08. The smallest absolute Gasteiger partial charge is 0.0641 e. The van der Waals surface area contributed by atoms with Gasteiger partial charge >= 0.3 is 0 Å². The number of hydrogen-bond donors (Lipinski definition) is 1. The first kappa shape index (κ1) is 15.0. The van der Waals surface area contributed by atoms with Crippen LogP contribution in [-0.2, 0) is 11.3 Å². The van der Waals surface area contributed by atoms with Crippen LogP contribution in [0.2, 0.25) is 0 Å². The topological polar surface area (TPSA) is 38.5 Å². The molecule has 3 heteroatoms. The molecule has 1 rings (SSSR count). The fourth-order valence-electron chi connectivity index (χ4n) is 1.67. The molecule has 18 heavy (non-hydrogen) atoms. The summed E-state index contributed by atoms with van der Waals surface area (Å²) in [6.45, 7) is 7.56. The Kier molecular flexibility index (Phi) is 6.76. The second-order valence-electron chi connectivity index (χ2n) is 5.09. The third-order valence-electron chi connectivity index (χ3n) is 3.00. The summed E-state index contributed by atoms with van der Waals surface area (Å²) in [6, 6.07) is 8.34. The molecule has 0 atom stereocenters. The SMILES string of the molecule is CC(C)CCOCCN(C)c1cccc(CN)c1. The summed E-state index contributed by atoms with van der Waals surface area (Å²) in [5.41, 5.74) is 8.01. The lowest BCUT2D eigenvalue weighted by Crippen LogP contribution is -2.23. The second-order valence-corrected chi connectivity index (χ2v) is 5.09. The highest BCUT2D eigenvalue weighted by Gasteiger charge is 2.01. The monoisotopic (exact) mass is 250 g/mol. The first-order valence-corrected chi connectivity index (χ1v) is 6.71. The lowest BCUT2D eigenvalue weighted by Gasteiger charge is -2.20. The first-order chi connectivity index (χ1) is 8.63. The Morgan fingerprint density at radius 2 is 2.06 bits per heavy atom. The average Bonchev–Trinajstić information content (AvgIpc) is 2.37. The van der Waals surface area contributed by atoms with Crippen molar-refractivity contribution in [1.29, 1.82) is 0 Å². The molecule has 0 unspecified atom stereocenters. The first-order valence-electron chi connectivity index (χ1n) is 6.71. The summed E-state index contributed by atoms with van der Waals surface area (Å²) in [5.74, 6) is 0.712. The quantitative estimate of drug-likeness (QED) is 0.721. The minimum Gasteiger partial charge on any atom is -0.380 e. The van der Waals surface area contributed by atoms with Crippen molar-refractivity contribution < 1.29 is 4.74 Å². The lowest BCUT2D eigenvalue weighted by atomic mass is 10.1. The number of likely N-dealkylation sites (N-methyl/N-ethyl adjacent to an activating group) is 1. The number of rotatable bonds is 8. The van der Waals surface area contributed by atoms with Gasteiger partial charge in [0.05, 0.1) is 6.61 Å². The molecule has 0 bridgehead atoms. The van der Waals surface area contributed by atoms with Gasteiger partial charge in [-0.05, 0) is 30.0 Å². The van der Waals surface area contributed by atoms with Gasteiger partial charge in [-0.25, -0.2) is 0 Å². The van der Waals surface area contributed by atoms with Crippen molar-refractivity contribution in [2.45, 2.75) is 26.8 Å². The number of anilines is 1. The summed E-state index contributed by atoms with van der Waals surface area (Å²) in [6.07, 6.45) is 1.13. The molecule has 0 aromatic heterocycles. The van der Waals surface area contributed by atoms with Gasteiger partial charge in [0.15, 0.2) is 0 Å². The molecule has 0 radical (unpaired) electrons. The molecule has 0 amide bonds. The molecular weight excluding hydrogens is 224 g/mol. The van der Waals surface area contributed by atoms with Gasteiger partial charge in [0, 0.05) is 32.4 Å². The predicted molar refractivity (Wildman–Crippen MR) is 77.9 cm³/mol. The van der Waals surface area contributed by atoms with Crippen molar-refractivity contribution in [3.63, 3.8) is 0 Å². The molecule has 102 valence electrons. The number of benzene rings is 1. The summed E-state index contributed by atoms with van der Waals surface area (Å²) < 4.78 is 5.63. The zero-order valence-corrected chi connectivity index (χ0v) is 11.9. The zero-order valence-electron chi connectivity index (χ0n) is 11.9. The van der Waals surface area contributed by atoms with Crippen molar-refractivity contribution in [2.75, 3.05) is 31.7 Å². The number of nitrogens with zero attached hydrogens (tertiary/aromatic N) is 1. The van der Waals surface area contributed by atoms with Crippen LogP contribution < -0.4 is 10.6 Å². The van der Waals surface area contributed by atoms with Gasteiger partial charge < -0.3 is 15.4 Å². The Balaban J connectivity index is 2.29. The summed E-state index contributed by atoms with van der Waals surface area (Å²) in [4.78, 5) is 2.20. The third kappa shape index (κ3) is 5.52. The van der Waals surface area contributed by atoms with Crippen molar-refractivity contribution >= 4 is 5.69 Å². The highest BCUT2D eigenvalue weighted by Crippen LogP contribution is 2.14. The molecular formula is C15H26N2O. The van der Waals surface area contributed by atoms with Crippen LogP contribution in [0, 0.1) is 5.92 Å². The highest BCUT2D eigenvalue weighted by atomic mass is 16.5. The maximum atomic E-state index is 5.64. The van der Waals surface area contributed by atoms with Crippen molar-refractivity contribution in [1.82, 2.24) is 0 Å². The Morgan fingerprint density at radius 1 is 1.28 bits per heavy atom. The van der Waals surface area contributed by atoms with Crippen LogP contribution in [0.15, 0.2) is 24.3 Å². The second kappa shape index (κ2) is 8.11. The van der Waals surface area contributed by atoms with E-state index in [4.69, 9.17) is 10.5 Å². The average molecular weight is 250 g/mol. The Morgan fingerprint density at radius 3 is 2.72 bits per heavy atom. The van der Waals surface area contributed by atoms with E-state index in [1.807, 2.05) is 6.07 Å². The van der Waals surface area contributed by atoms with E-state index in [1.165, 1.54) is 11.3 Å². The minimum absolute atomic E-state index is 0.590. The Bertz CT molecular complexity index is 339. The van der Waals surface area contributed by atoms with E-state index in [1.54, 1.807) is 0 Å². The molecule has 3 nitrogen and oxygen atoms in total. The molecule has 1 aromatic rings. The number of ether oxygens (including phenoxy) is 1. The molecule has 0 heterocycles. The number of hydrogen-bond acceptors (Lipinski definition) is 3. The maximum Gasteiger partial charge on any atom is 0.0641 e. The van der Waals surface area contributed by atoms with Crippen molar-refractivity contribution in [3.8, 4) is 0 Å². The van der Waals surface area contributed by atoms with Gasteiger partial charge in [0.1, 0.15) is 0 Å². The molecule has 1 aromatic carbocycles. The summed E-state index contributed by atoms with van der Waals surface area (Å²) >= 11 is 0. The molecule has 0 spiro atoms. The third-order valence-corrected chi connectivity index (χ3v) is 3.00. The Labute approximate surface area is 111 Å². The minimum atomic E-state index is 0.590. The number of nitrogens with two attached hydrogens (primary N) is 1. The maximum absolute atomic E-state index is 5.64. The molecule has 0 aliphatic rings. The predicted octanol–water partition coefficient (Wildman–Crippen LogP) is 2.64. The van der Waals surface area contributed by atoms with Crippen LogP contribution in [-0.4, -0.2) is 26.8 Å². The van der Waals surface area contributed by atoms with Crippen LogP contribution in [0.25, 0.3) is 0 Å². The van der Waals surface area contributed by atoms with E-state index in [-0.39, 0.29) is 0 Å². The largest absolute Gasteiger partial charge is 0.380 e. The van der Waals surface area contributed by atoms with Gasteiger partial charge in [-0.3, -0.25) is 0 Å². The van der Waals surface area contributed by atoms with Crippen molar-refractivity contribution in [3.05, 3.63) is 29.8 Å². The summed E-state index contributed by atoms with van der Waals surface area (Å²) in [5, 5.41) is 0. The van der Waals surface area contributed by atoms with Crippen LogP contribution in [0.3, 0.4) is 0 Å². The fourth-order valence-corrected chi connectivity index (χ4v) is 1.67. The molecule has 0 saturated heterocycles. The van der Waals surface area contributed by atoms with Crippen LogP contribution in [0.1, 0.15) is 25.8 Å². The Hall–Kier alpha value is -1.06. The van der Waals surface area contributed by atoms with Crippen LogP contribution in [0.4, 0.5) is 5.69 Å². The van der Waals surface area contributed by atoms with Crippen molar-refractivity contribution in [2.24, 2.45) is 11.7 Å². The molecule has 2 N–H and O–H groups in total. The van der Waals surface area contributed by atoms with Crippen LogP contribution in [0.5, 0.6) is 0 Å².